The average Bonchev–Trinajstić information content (AvgIpc) is 2.71. The van der Waals surface area contributed by atoms with E-state index in [1.807, 2.05) is 0 Å². The Morgan fingerprint density at radius 2 is 2.10 bits per heavy atom. The summed E-state index contributed by atoms with van der Waals surface area (Å²) in [7, 11) is 0. The summed E-state index contributed by atoms with van der Waals surface area (Å²) in [6, 6.07) is 4.46. The van der Waals surface area contributed by atoms with Crippen LogP contribution in [0.4, 0.5) is 18.0 Å². The molecule has 168 valence electrons. The monoisotopic (exact) mass is 432 g/mol. The van der Waals surface area contributed by atoms with Crippen molar-refractivity contribution in [1.82, 2.24) is 10.2 Å². The molecule has 0 aromatic heterocycles. The van der Waals surface area contributed by atoms with Gasteiger partial charge in [0, 0.05) is 19.1 Å². The van der Waals surface area contributed by atoms with Crippen LogP contribution in [0.15, 0.2) is 29.3 Å². The lowest BCUT2D eigenvalue weighted by Gasteiger charge is -2.31. The Morgan fingerprint density at radius 3 is 2.73 bits per heavy atom. The summed E-state index contributed by atoms with van der Waals surface area (Å²) >= 11 is 0. The summed E-state index contributed by atoms with van der Waals surface area (Å²) in [4.78, 5) is 17.3. The third-order valence-corrected chi connectivity index (χ3v) is 4.45. The van der Waals surface area contributed by atoms with Crippen molar-refractivity contribution in [2.24, 2.45) is 10.7 Å². The Kier molecular flexibility index (Phi) is 8.58. The van der Waals surface area contributed by atoms with E-state index >= 15 is 0 Å². The first-order chi connectivity index (χ1) is 14.2. The number of carbonyl (C=O) groups excluding carboxylic acids is 1. The zero-order valence-corrected chi connectivity index (χ0v) is 16.7. The summed E-state index contributed by atoms with van der Waals surface area (Å²) in [5.41, 5.74) is 5.00. The number of hydrogen-bond donors (Lipinski definition) is 3. The van der Waals surface area contributed by atoms with E-state index in [4.69, 9.17) is 15.2 Å². The minimum atomic E-state index is -4.46. The highest BCUT2D eigenvalue weighted by atomic mass is 19.4. The van der Waals surface area contributed by atoms with Gasteiger partial charge in [0.15, 0.2) is 5.96 Å². The number of piperidine rings is 1. The molecule has 0 spiro atoms. The fraction of sp³-hybridized carbons (Fsp3) is 0.579. The van der Waals surface area contributed by atoms with Gasteiger partial charge >= 0.3 is 12.3 Å². The molecule has 1 heterocycles. The van der Waals surface area contributed by atoms with Gasteiger partial charge in [-0.1, -0.05) is 6.07 Å². The molecule has 0 radical (unpaired) electrons. The maximum Gasteiger partial charge on any atom is 0.416 e. The number of nitrogens with one attached hydrogen (secondary N) is 1. The molecule has 1 saturated heterocycles. The average molecular weight is 432 g/mol. The Bertz CT molecular complexity index is 722. The number of nitrogens with zero attached hydrogens (tertiary/aromatic N) is 2. The third kappa shape index (κ3) is 7.62. The van der Waals surface area contributed by atoms with Gasteiger partial charge in [0.2, 0.25) is 0 Å². The van der Waals surface area contributed by atoms with Crippen LogP contribution in [0.1, 0.15) is 25.3 Å². The van der Waals surface area contributed by atoms with E-state index in [2.05, 4.69) is 10.3 Å². The minimum absolute atomic E-state index is 0.00677. The standard InChI is InChI=1S/C19H27F3N4O4/c1-2-29-18(28)26-8-6-14(7-9-26)25-17(23)24-11-15(27)12-30-16-5-3-4-13(10-16)19(20,21)22/h3-5,10,14-15,27H,2,6-9,11-12H2,1H3,(H3,23,24,25). The summed E-state index contributed by atoms with van der Waals surface area (Å²) in [5, 5.41) is 13.0. The molecule has 1 amide bonds. The number of aliphatic hydroxyl groups excluding tert-OH is 1. The maximum absolute atomic E-state index is 12.7. The second-order valence-electron chi connectivity index (χ2n) is 6.82. The first kappa shape index (κ1) is 23.6. The summed E-state index contributed by atoms with van der Waals surface area (Å²) in [6.07, 6.45) is -4.48. The Labute approximate surface area is 172 Å². The maximum atomic E-state index is 12.7. The fourth-order valence-electron chi connectivity index (χ4n) is 2.89. The SMILES string of the molecule is CCOC(=O)N1CCC(NC(N)=NCC(O)COc2cccc(C(F)(F)F)c2)CC1. The lowest BCUT2D eigenvalue weighted by atomic mass is 10.1. The number of aliphatic imine (C=N–C) groups is 1. The molecule has 1 aromatic rings. The lowest BCUT2D eigenvalue weighted by molar-refractivity contribution is -0.137. The highest BCUT2D eigenvalue weighted by molar-refractivity contribution is 5.78. The van der Waals surface area contributed by atoms with E-state index < -0.39 is 17.8 Å². The molecule has 1 unspecified atom stereocenters. The van der Waals surface area contributed by atoms with E-state index in [1.54, 1.807) is 11.8 Å². The van der Waals surface area contributed by atoms with Gasteiger partial charge in [-0.2, -0.15) is 13.2 Å². The number of nitrogens with two attached hydrogens (primary N) is 1. The van der Waals surface area contributed by atoms with Crippen molar-refractivity contribution in [3.8, 4) is 5.75 Å². The molecule has 30 heavy (non-hydrogen) atoms. The summed E-state index contributed by atoms with van der Waals surface area (Å²) in [5.74, 6) is 0.148. The smallest absolute Gasteiger partial charge is 0.416 e. The predicted octanol–water partition coefficient (Wildman–Crippen LogP) is 1.97. The number of carbonyl (C=O) groups is 1. The van der Waals surface area contributed by atoms with Gasteiger partial charge in [-0.15, -0.1) is 0 Å². The van der Waals surface area contributed by atoms with Crippen LogP contribution in [0, 0.1) is 0 Å². The number of amides is 1. The van der Waals surface area contributed by atoms with Crippen molar-refractivity contribution < 1.29 is 32.5 Å². The van der Waals surface area contributed by atoms with Crippen LogP contribution in [0.2, 0.25) is 0 Å². The molecule has 0 saturated carbocycles. The van der Waals surface area contributed by atoms with Crippen molar-refractivity contribution in [2.45, 2.75) is 38.1 Å². The van der Waals surface area contributed by atoms with Gasteiger partial charge < -0.3 is 30.5 Å². The van der Waals surface area contributed by atoms with Gasteiger partial charge in [0.25, 0.3) is 0 Å². The van der Waals surface area contributed by atoms with Crippen molar-refractivity contribution in [3.63, 3.8) is 0 Å². The molecule has 8 nitrogen and oxygen atoms in total. The molecular weight excluding hydrogens is 405 g/mol. The summed E-state index contributed by atoms with van der Waals surface area (Å²) in [6.45, 7) is 2.86. The molecule has 2 rings (SSSR count). The Hall–Kier alpha value is -2.69. The topological polar surface area (TPSA) is 109 Å². The Morgan fingerprint density at radius 1 is 1.40 bits per heavy atom. The van der Waals surface area contributed by atoms with Crippen LogP contribution >= 0.6 is 0 Å². The van der Waals surface area contributed by atoms with Crippen LogP contribution in [0.5, 0.6) is 5.75 Å². The third-order valence-electron chi connectivity index (χ3n) is 4.45. The second kappa shape index (κ2) is 10.9. The molecule has 1 aliphatic heterocycles. The van der Waals surface area contributed by atoms with E-state index in [0.29, 0.717) is 32.5 Å². The molecule has 1 fully saturated rings. The van der Waals surface area contributed by atoms with E-state index in [1.165, 1.54) is 12.1 Å². The quantitative estimate of drug-likeness (QED) is 0.449. The number of aliphatic hydroxyl groups is 1. The van der Waals surface area contributed by atoms with Crippen LogP contribution in [-0.2, 0) is 10.9 Å². The number of ether oxygens (including phenoxy) is 2. The van der Waals surface area contributed by atoms with Crippen molar-refractivity contribution in [3.05, 3.63) is 29.8 Å². The molecular formula is C19H27F3N4O4. The van der Waals surface area contributed by atoms with Crippen LogP contribution < -0.4 is 15.8 Å². The number of rotatable bonds is 7. The highest BCUT2D eigenvalue weighted by Gasteiger charge is 2.30. The van der Waals surface area contributed by atoms with Gasteiger partial charge in [0.1, 0.15) is 18.5 Å². The van der Waals surface area contributed by atoms with Crippen LogP contribution in [0.25, 0.3) is 0 Å². The largest absolute Gasteiger partial charge is 0.491 e. The number of halogens is 3. The van der Waals surface area contributed by atoms with Crippen LogP contribution in [-0.4, -0.2) is 67.1 Å². The zero-order valence-electron chi connectivity index (χ0n) is 16.7. The molecule has 1 aromatic carbocycles. The van der Waals surface area contributed by atoms with E-state index in [0.717, 1.165) is 12.1 Å². The molecule has 11 heteroatoms. The zero-order chi connectivity index (χ0) is 22.1. The number of guanidine groups is 1. The number of hydrogen-bond acceptors (Lipinski definition) is 5. The van der Waals surface area contributed by atoms with Crippen molar-refractivity contribution in [1.29, 1.82) is 0 Å². The first-order valence-electron chi connectivity index (χ1n) is 9.65. The number of benzene rings is 1. The lowest BCUT2D eigenvalue weighted by Crippen LogP contribution is -2.48. The van der Waals surface area contributed by atoms with Gasteiger partial charge in [-0.05, 0) is 38.0 Å². The van der Waals surface area contributed by atoms with Crippen molar-refractivity contribution >= 4 is 12.1 Å². The normalized spacial score (nSPS) is 16.8. The second-order valence-corrected chi connectivity index (χ2v) is 6.82. The molecule has 0 aliphatic carbocycles. The van der Waals surface area contributed by atoms with Crippen LogP contribution in [0.3, 0.4) is 0 Å². The van der Waals surface area contributed by atoms with Gasteiger partial charge in [-0.25, -0.2) is 4.79 Å². The number of alkyl halides is 3. The first-order valence-corrected chi connectivity index (χ1v) is 9.65. The highest BCUT2D eigenvalue weighted by Crippen LogP contribution is 2.31. The molecule has 1 aliphatic rings. The van der Waals surface area contributed by atoms with Crippen molar-refractivity contribution in [2.75, 3.05) is 32.8 Å². The number of likely N-dealkylation sites (tertiary alicyclic amines) is 1. The van der Waals surface area contributed by atoms with Gasteiger partial charge in [0.05, 0.1) is 18.7 Å². The minimum Gasteiger partial charge on any atom is -0.491 e. The molecule has 4 N–H and O–H groups in total. The fourth-order valence-corrected chi connectivity index (χ4v) is 2.89. The Balaban J connectivity index is 1.72. The molecule has 1 atom stereocenters. The predicted molar refractivity (Wildman–Crippen MR) is 104 cm³/mol. The molecule has 0 bridgehead atoms. The van der Waals surface area contributed by atoms with E-state index in [9.17, 15) is 23.1 Å². The van der Waals surface area contributed by atoms with Gasteiger partial charge in [-0.3, -0.25) is 4.99 Å². The summed E-state index contributed by atoms with van der Waals surface area (Å²) < 4.78 is 48.3. The van der Waals surface area contributed by atoms with E-state index in [-0.39, 0.29) is 37.0 Å².